The number of pyridine rings is 2. The lowest BCUT2D eigenvalue weighted by Gasteiger charge is -2.22. The van der Waals surface area contributed by atoms with E-state index >= 15 is 0 Å². The maximum Gasteiger partial charge on any atom is 0.0571 e. The second kappa shape index (κ2) is 34.2. The molecule has 31 aromatic rings. The van der Waals surface area contributed by atoms with E-state index in [0.29, 0.717) is 0 Å². The van der Waals surface area contributed by atoms with Gasteiger partial charge >= 0.3 is 0 Å². The van der Waals surface area contributed by atoms with Crippen LogP contribution < -0.4 is 0 Å². The number of rotatable bonds is 11. The van der Waals surface area contributed by atoms with Crippen LogP contribution in [0.4, 0.5) is 0 Å². The molecule has 0 radical (unpaired) electrons. The third-order valence-electron chi connectivity index (χ3n) is 31.8. The summed E-state index contributed by atoms with van der Waals surface area (Å²) < 4.78 is 16.8. The zero-order chi connectivity index (χ0) is 98.9. The van der Waals surface area contributed by atoms with Crippen LogP contribution in [0.25, 0.3) is 270 Å². The molecule has 1 aliphatic rings. The number of fused-ring (bicyclic) bond motifs is 28. The van der Waals surface area contributed by atoms with Crippen molar-refractivity contribution in [3.8, 4) is 95.4 Å². The number of benzene rings is 22. The van der Waals surface area contributed by atoms with E-state index in [1.807, 2.05) is 24.8 Å². The van der Waals surface area contributed by atoms with E-state index in [-0.39, 0.29) is 5.41 Å². The highest BCUT2D eigenvalue weighted by atomic mass is 15.0. The van der Waals surface area contributed by atoms with Gasteiger partial charge in [-0.25, -0.2) is 0 Å². The molecule has 0 spiro atoms. The number of aromatic nitrogens is 9. The summed E-state index contributed by atoms with van der Waals surface area (Å²) in [6, 6.07) is 184. The molecule has 9 aromatic heterocycles. The number of hydrogen-bond donors (Lipinski definition) is 0. The predicted octanol–water partition coefficient (Wildman–Crippen LogP) is 36.8. The third kappa shape index (κ3) is 13.5. The Kier molecular flexibility index (Phi) is 19.6. The van der Waals surface area contributed by atoms with Gasteiger partial charge in [-0.3, -0.25) is 9.97 Å². The SMILES string of the molecule is CC1(C)c2ccccc2-c2ccc(-n3c4ccccc4c4cc(-c5ccc6c(c5)c5ccccc5n6-c5ccc6c(c5)c5ccccc5n6-c5ccccc5)ccc43)cc21.c1ccc(-c2cccc(-n3c4ccc(-c5ccc6c(c5)c5c7ccccc7ccc5n6-c5ccccc5)cc4c4c5ccccc5ccc43)c2)cc1.c1ccc(-n2c3ccncc3c3cc(-c4ccc5c(c4)c4cnccc4n5-c4ccccc4)ccc32)cc1. The Morgan fingerprint density at radius 2 is 0.427 bits per heavy atom. The van der Waals surface area contributed by atoms with Crippen LogP contribution in [-0.2, 0) is 5.41 Å². The molecular weight excluding hydrogens is 1820 g/mol. The Hall–Kier alpha value is -19.7. The second-order valence-electron chi connectivity index (χ2n) is 40.3. The summed E-state index contributed by atoms with van der Waals surface area (Å²) in [7, 11) is 0. The molecule has 22 aromatic carbocycles. The molecule has 0 aliphatic heterocycles. The van der Waals surface area contributed by atoms with E-state index in [9.17, 15) is 0 Å². The van der Waals surface area contributed by atoms with Gasteiger partial charge < -0.3 is 32.0 Å². The molecule has 32 rings (SSSR count). The van der Waals surface area contributed by atoms with Gasteiger partial charge in [0.2, 0.25) is 0 Å². The molecule has 0 unspecified atom stereocenters. The van der Waals surface area contributed by atoms with Crippen molar-refractivity contribution in [3.63, 3.8) is 0 Å². The van der Waals surface area contributed by atoms with Gasteiger partial charge in [0, 0.05) is 145 Å². The van der Waals surface area contributed by atoms with Gasteiger partial charge in [-0.1, -0.05) is 311 Å². The highest BCUT2D eigenvalue weighted by molar-refractivity contribution is 6.25. The van der Waals surface area contributed by atoms with Crippen LogP contribution >= 0.6 is 0 Å². The normalized spacial score (nSPS) is 12.4. The standard InChI is InChI=1S/C57H39N3.C50H32N2.C34H22N4/c1-57(2)49-20-10-6-16-41(49)42-28-26-40(35-50(42)57)60-53-23-13-8-18-44(53)47-33-37(25-30-55(47)60)36-24-29-54-46(32-36)43-17-7-12-22-52(43)59(54)39-27-31-56-48(34-39)45-19-9-11-21-51(45)58(56)38-14-4-3-5-15-38;1-3-12-33(13-4-1)36-16-11-19-40(30-36)52-46-27-25-38(32-44(46)50-42-21-10-8-15-35(42)23-29-48(50)52)37-24-26-45-43(31-37)49-41-20-9-7-14-34(41)22-28-47(49)51(45)39-17-5-2-6-18-39;1-3-7-25(8-4-1)37-31-13-11-23(19-27(31)29-21-35-17-15-33(29)37)24-12-14-32-28(20-24)30-22-36-18-16-34(30)38(32)26-9-5-2-6-10-26/h3-35H,1-2H3;1-32H;1-22H. The summed E-state index contributed by atoms with van der Waals surface area (Å²) in [5, 5.41) is 22.4. The first-order valence-electron chi connectivity index (χ1n) is 51.6. The first kappa shape index (κ1) is 85.8. The van der Waals surface area contributed by atoms with Crippen molar-refractivity contribution in [3.05, 3.63) is 539 Å². The fraction of sp³-hybridized carbons (Fsp3) is 0.0213. The van der Waals surface area contributed by atoms with Crippen molar-refractivity contribution >= 4 is 174 Å². The smallest absolute Gasteiger partial charge is 0.0571 e. The quantitative estimate of drug-likeness (QED) is 0.130. The highest BCUT2D eigenvalue weighted by Gasteiger charge is 2.36. The molecule has 0 amide bonds. The van der Waals surface area contributed by atoms with Crippen molar-refractivity contribution in [2.45, 2.75) is 19.3 Å². The van der Waals surface area contributed by atoms with Gasteiger partial charge in [-0.15, -0.1) is 0 Å². The number of hydrogen-bond acceptors (Lipinski definition) is 2. The summed E-state index contributed by atoms with van der Waals surface area (Å²) in [5.41, 5.74) is 40.0. The molecule has 0 saturated heterocycles. The summed E-state index contributed by atoms with van der Waals surface area (Å²) in [5.74, 6) is 0. The van der Waals surface area contributed by atoms with Gasteiger partial charge in [0.25, 0.3) is 0 Å². The Balaban J connectivity index is 0.000000106. The molecule has 0 atom stereocenters. The molecule has 0 bridgehead atoms. The minimum atomic E-state index is -0.0643. The molecular formula is C141H93N9. The Morgan fingerprint density at radius 1 is 0.153 bits per heavy atom. The average Bonchev–Trinajstić information content (AvgIpc) is 1.56. The van der Waals surface area contributed by atoms with Crippen LogP contribution in [0.1, 0.15) is 25.0 Å². The molecule has 0 fully saturated rings. The van der Waals surface area contributed by atoms with Crippen LogP contribution in [0.15, 0.2) is 528 Å². The molecule has 9 heteroatoms. The first-order valence-corrected chi connectivity index (χ1v) is 51.6. The van der Waals surface area contributed by atoms with Crippen molar-refractivity contribution in [2.24, 2.45) is 0 Å². The van der Waals surface area contributed by atoms with Gasteiger partial charge in [0.05, 0.1) is 77.2 Å². The van der Waals surface area contributed by atoms with E-state index in [1.54, 1.807) is 0 Å². The van der Waals surface area contributed by atoms with E-state index in [4.69, 9.17) is 0 Å². The minimum Gasteiger partial charge on any atom is -0.309 e. The molecule has 0 N–H and O–H groups in total. The zero-order valence-corrected chi connectivity index (χ0v) is 82.3. The second-order valence-corrected chi connectivity index (χ2v) is 40.3. The largest absolute Gasteiger partial charge is 0.309 e. The molecule has 150 heavy (non-hydrogen) atoms. The van der Waals surface area contributed by atoms with E-state index in [2.05, 4.69) is 559 Å². The summed E-state index contributed by atoms with van der Waals surface area (Å²) >= 11 is 0. The average molecular weight is 1910 g/mol. The van der Waals surface area contributed by atoms with E-state index in [0.717, 1.165) is 44.6 Å². The topological polar surface area (TPSA) is 60.3 Å². The van der Waals surface area contributed by atoms with Gasteiger partial charge in [-0.05, 0) is 295 Å². The van der Waals surface area contributed by atoms with Crippen LogP contribution in [0.5, 0.6) is 0 Å². The van der Waals surface area contributed by atoms with Crippen molar-refractivity contribution in [2.75, 3.05) is 0 Å². The van der Waals surface area contributed by atoms with Crippen LogP contribution in [-0.4, -0.2) is 41.9 Å². The lowest BCUT2D eigenvalue weighted by molar-refractivity contribution is 0.660. The maximum atomic E-state index is 4.46. The van der Waals surface area contributed by atoms with E-state index < -0.39 is 0 Å². The van der Waals surface area contributed by atoms with Crippen LogP contribution in [0.3, 0.4) is 0 Å². The monoisotopic (exact) mass is 1910 g/mol. The predicted molar refractivity (Wildman–Crippen MR) is 630 cm³/mol. The van der Waals surface area contributed by atoms with Gasteiger partial charge in [0.15, 0.2) is 0 Å². The van der Waals surface area contributed by atoms with Crippen LogP contribution in [0, 0.1) is 0 Å². The van der Waals surface area contributed by atoms with Crippen molar-refractivity contribution in [1.29, 1.82) is 0 Å². The summed E-state index contributed by atoms with van der Waals surface area (Å²) in [6.45, 7) is 4.72. The number of nitrogens with zero attached hydrogens (tertiary/aromatic N) is 9. The number of para-hydroxylation sites is 7. The Labute approximate surface area is 864 Å². The van der Waals surface area contributed by atoms with Crippen LogP contribution in [0.2, 0.25) is 0 Å². The first-order chi connectivity index (χ1) is 74.2. The summed E-state index contributed by atoms with van der Waals surface area (Å²) in [6.07, 6.45) is 7.69. The zero-order valence-electron chi connectivity index (χ0n) is 82.3. The van der Waals surface area contributed by atoms with E-state index in [1.165, 1.54) is 236 Å². The highest BCUT2D eigenvalue weighted by Crippen LogP contribution is 2.52. The molecule has 1 aliphatic carbocycles. The molecule has 9 nitrogen and oxygen atoms in total. The third-order valence-corrected chi connectivity index (χ3v) is 31.8. The Bertz CT molecular complexity index is 10800. The molecule has 0 saturated carbocycles. The molecule has 702 valence electrons. The summed E-state index contributed by atoms with van der Waals surface area (Å²) in [4.78, 5) is 8.91. The Morgan fingerprint density at radius 3 is 0.867 bits per heavy atom. The van der Waals surface area contributed by atoms with Gasteiger partial charge in [0.1, 0.15) is 0 Å². The fourth-order valence-corrected chi connectivity index (χ4v) is 25.0. The minimum absolute atomic E-state index is 0.0643. The van der Waals surface area contributed by atoms with Gasteiger partial charge in [-0.2, -0.15) is 0 Å². The lowest BCUT2D eigenvalue weighted by Crippen LogP contribution is -2.15. The van der Waals surface area contributed by atoms with Crippen molar-refractivity contribution < 1.29 is 0 Å². The maximum absolute atomic E-state index is 4.46. The lowest BCUT2D eigenvalue weighted by atomic mass is 9.82. The molecule has 9 heterocycles. The van der Waals surface area contributed by atoms with Crippen molar-refractivity contribution in [1.82, 2.24) is 41.9 Å². The fourth-order valence-electron chi connectivity index (χ4n) is 25.0.